The van der Waals surface area contributed by atoms with Gasteiger partial charge in [-0.3, -0.25) is 9.59 Å². The highest BCUT2D eigenvalue weighted by atomic mass is 19.1. The molecule has 1 heterocycles. The first-order valence-electron chi connectivity index (χ1n) is 11.0. The summed E-state index contributed by atoms with van der Waals surface area (Å²) in [7, 11) is 0. The van der Waals surface area contributed by atoms with Crippen LogP contribution in [-0.4, -0.2) is 35.8 Å². The van der Waals surface area contributed by atoms with E-state index in [4.69, 9.17) is 4.42 Å². The van der Waals surface area contributed by atoms with Gasteiger partial charge in [-0.1, -0.05) is 48.5 Å². The highest BCUT2D eigenvalue weighted by molar-refractivity contribution is 6.06. The van der Waals surface area contributed by atoms with Crippen LogP contribution in [0.2, 0.25) is 0 Å². The fourth-order valence-corrected chi connectivity index (χ4v) is 4.16. The van der Waals surface area contributed by atoms with Gasteiger partial charge >= 0.3 is 0 Å². The van der Waals surface area contributed by atoms with Crippen molar-refractivity contribution in [2.45, 2.75) is 18.9 Å². The fraction of sp³-hybridized carbons (Fsp3) is 0.185. The van der Waals surface area contributed by atoms with Crippen molar-refractivity contribution in [3.05, 3.63) is 96.0 Å². The molecule has 0 unspecified atom stereocenters. The summed E-state index contributed by atoms with van der Waals surface area (Å²) < 4.78 is 20.3. The van der Waals surface area contributed by atoms with Crippen LogP contribution in [-0.2, 0) is 0 Å². The van der Waals surface area contributed by atoms with Gasteiger partial charge in [0.05, 0.1) is 17.4 Å². The smallest absolute Gasteiger partial charge is 0.257 e. The summed E-state index contributed by atoms with van der Waals surface area (Å²) in [5, 5.41) is 3.63. The van der Waals surface area contributed by atoms with E-state index in [2.05, 4.69) is 5.32 Å². The molecular formula is C27H23FN2O3. The molecule has 0 bridgehead atoms. The van der Waals surface area contributed by atoms with Gasteiger partial charge in [-0.25, -0.2) is 4.39 Å². The average Bonchev–Trinajstić information content (AvgIpc) is 3.56. The predicted octanol–water partition coefficient (Wildman–Crippen LogP) is 5.27. The van der Waals surface area contributed by atoms with Gasteiger partial charge in [0.15, 0.2) is 0 Å². The van der Waals surface area contributed by atoms with E-state index in [-0.39, 0.29) is 30.0 Å². The van der Waals surface area contributed by atoms with Gasteiger partial charge in [0.25, 0.3) is 11.8 Å². The van der Waals surface area contributed by atoms with Gasteiger partial charge in [0.1, 0.15) is 11.4 Å². The average molecular weight is 442 g/mol. The SMILES string of the molecule is O=C(NCCN(C(=O)c1c(F)cccc1-c1ccccc1)C1CC1)c1cccc2occc12. The number of furan rings is 1. The maximum atomic E-state index is 14.9. The number of fused-ring (bicyclic) bond motifs is 1. The Morgan fingerprint density at radius 1 is 0.970 bits per heavy atom. The van der Waals surface area contributed by atoms with Crippen molar-refractivity contribution >= 4 is 22.8 Å². The first-order valence-corrected chi connectivity index (χ1v) is 11.0. The first kappa shape index (κ1) is 20.9. The van der Waals surface area contributed by atoms with Crippen molar-refractivity contribution < 1.29 is 18.4 Å². The number of amides is 2. The summed E-state index contributed by atoms with van der Waals surface area (Å²) in [6.45, 7) is 0.573. The number of carbonyl (C=O) groups is 2. The van der Waals surface area contributed by atoms with Crippen LogP contribution < -0.4 is 5.32 Å². The number of benzene rings is 3. The second kappa shape index (κ2) is 8.90. The molecule has 1 N–H and O–H groups in total. The van der Waals surface area contributed by atoms with Gasteiger partial charge < -0.3 is 14.6 Å². The second-order valence-corrected chi connectivity index (χ2v) is 8.15. The lowest BCUT2D eigenvalue weighted by molar-refractivity contribution is 0.0732. The lowest BCUT2D eigenvalue weighted by Gasteiger charge is -2.24. The molecule has 0 aliphatic heterocycles. The van der Waals surface area contributed by atoms with Crippen molar-refractivity contribution in [1.82, 2.24) is 10.2 Å². The molecule has 4 aromatic rings. The van der Waals surface area contributed by atoms with Gasteiger partial charge in [-0.15, -0.1) is 0 Å². The minimum atomic E-state index is -0.539. The van der Waals surface area contributed by atoms with E-state index >= 15 is 0 Å². The monoisotopic (exact) mass is 442 g/mol. The lowest BCUT2D eigenvalue weighted by atomic mass is 9.98. The molecule has 1 aliphatic rings. The normalized spacial score (nSPS) is 13.1. The number of rotatable bonds is 7. The molecule has 1 saturated carbocycles. The molecule has 1 fully saturated rings. The number of halogens is 1. The van der Waals surface area contributed by atoms with Gasteiger partial charge in [-0.05, 0) is 48.2 Å². The molecule has 0 atom stereocenters. The molecule has 6 heteroatoms. The van der Waals surface area contributed by atoms with E-state index < -0.39 is 5.82 Å². The van der Waals surface area contributed by atoms with E-state index in [1.54, 1.807) is 47.6 Å². The van der Waals surface area contributed by atoms with Crippen molar-refractivity contribution in [2.75, 3.05) is 13.1 Å². The molecule has 0 spiro atoms. The topological polar surface area (TPSA) is 62.6 Å². The first-order chi connectivity index (χ1) is 16.1. The largest absolute Gasteiger partial charge is 0.464 e. The van der Waals surface area contributed by atoms with Crippen LogP contribution >= 0.6 is 0 Å². The predicted molar refractivity (Wildman–Crippen MR) is 124 cm³/mol. The minimum Gasteiger partial charge on any atom is -0.464 e. The number of nitrogens with one attached hydrogen (secondary N) is 1. The zero-order valence-electron chi connectivity index (χ0n) is 18.0. The second-order valence-electron chi connectivity index (χ2n) is 8.15. The molecule has 3 aromatic carbocycles. The van der Waals surface area contributed by atoms with Crippen molar-refractivity contribution in [3.8, 4) is 11.1 Å². The number of hydrogen-bond donors (Lipinski definition) is 1. The van der Waals surface area contributed by atoms with Gasteiger partial charge in [-0.2, -0.15) is 0 Å². The Morgan fingerprint density at radius 2 is 1.76 bits per heavy atom. The van der Waals surface area contributed by atoms with Crippen LogP contribution in [0.25, 0.3) is 22.1 Å². The molecule has 1 aliphatic carbocycles. The van der Waals surface area contributed by atoms with E-state index in [1.165, 1.54) is 6.07 Å². The minimum absolute atomic E-state index is 0.0648. The molecule has 0 saturated heterocycles. The number of hydrogen-bond acceptors (Lipinski definition) is 3. The van der Waals surface area contributed by atoms with E-state index in [9.17, 15) is 14.0 Å². The van der Waals surface area contributed by atoms with Crippen LogP contribution in [0.4, 0.5) is 4.39 Å². The molecule has 5 nitrogen and oxygen atoms in total. The third-order valence-electron chi connectivity index (χ3n) is 5.94. The summed E-state index contributed by atoms with van der Waals surface area (Å²) in [5.41, 5.74) is 2.60. The molecule has 1 aromatic heterocycles. The summed E-state index contributed by atoms with van der Waals surface area (Å²) in [4.78, 5) is 27.9. The van der Waals surface area contributed by atoms with Gasteiger partial charge in [0.2, 0.25) is 0 Å². The van der Waals surface area contributed by atoms with E-state index in [0.717, 1.165) is 23.8 Å². The summed E-state index contributed by atoms with van der Waals surface area (Å²) in [6.07, 6.45) is 3.31. The Bertz CT molecular complexity index is 1310. The van der Waals surface area contributed by atoms with Crippen LogP contribution in [0.1, 0.15) is 33.6 Å². The highest BCUT2D eigenvalue weighted by Crippen LogP contribution is 2.32. The Hall–Kier alpha value is -3.93. The van der Waals surface area contributed by atoms with Crippen LogP contribution in [0.15, 0.2) is 83.5 Å². The summed E-state index contributed by atoms with van der Waals surface area (Å²) in [6, 6.07) is 21.2. The zero-order chi connectivity index (χ0) is 22.8. The maximum Gasteiger partial charge on any atom is 0.257 e. The standard InChI is InChI=1S/C27H23FN2O3/c28-23-10-4-8-20(18-6-2-1-3-7-18)25(23)27(32)30(19-12-13-19)16-15-29-26(31)22-9-5-11-24-21(22)14-17-33-24/h1-11,14,17,19H,12-13,15-16H2,(H,29,31). The Kier molecular flexibility index (Phi) is 5.65. The lowest BCUT2D eigenvalue weighted by Crippen LogP contribution is -2.40. The van der Waals surface area contributed by atoms with E-state index in [0.29, 0.717) is 23.3 Å². The fourth-order valence-electron chi connectivity index (χ4n) is 4.16. The third-order valence-corrected chi connectivity index (χ3v) is 5.94. The maximum absolute atomic E-state index is 14.9. The van der Waals surface area contributed by atoms with Crippen molar-refractivity contribution in [2.24, 2.45) is 0 Å². The van der Waals surface area contributed by atoms with Crippen LogP contribution in [0, 0.1) is 5.82 Å². The Balaban J connectivity index is 1.34. The van der Waals surface area contributed by atoms with Crippen LogP contribution in [0.5, 0.6) is 0 Å². The zero-order valence-corrected chi connectivity index (χ0v) is 18.0. The summed E-state index contributed by atoms with van der Waals surface area (Å²) in [5.74, 6) is -1.12. The molecule has 2 amide bonds. The molecule has 33 heavy (non-hydrogen) atoms. The van der Waals surface area contributed by atoms with Crippen LogP contribution in [0.3, 0.4) is 0 Å². The number of nitrogens with zero attached hydrogens (tertiary/aromatic N) is 1. The molecule has 166 valence electrons. The summed E-state index contributed by atoms with van der Waals surface area (Å²) >= 11 is 0. The molecule has 0 radical (unpaired) electrons. The Labute approximate surface area is 190 Å². The molecule has 5 rings (SSSR count). The van der Waals surface area contributed by atoms with Crippen molar-refractivity contribution in [1.29, 1.82) is 0 Å². The quantitative estimate of drug-likeness (QED) is 0.424. The van der Waals surface area contributed by atoms with Crippen molar-refractivity contribution in [3.63, 3.8) is 0 Å². The van der Waals surface area contributed by atoms with E-state index in [1.807, 2.05) is 30.3 Å². The highest BCUT2D eigenvalue weighted by Gasteiger charge is 2.35. The third kappa shape index (κ3) is 4.24. The van der Waals surface area contributed by atoms with Gasteiger partial charge in [0, 0.05) is 24.5 Å². The number of carbonyl (C=O) groups excluding carboxylic acids is 2. The Morgan fingerprint density at radius 3 is 2.55 bits per heavy atom. The molecular weight excluding hydrogens is 419 g/mol.